The molecular weight excluding hydrogens is 241 g/mol. The van der Waals surface area contributed by atoms with E-state index in [1.807, 2.05) is 6.26 Å². The number of halogens is 3. The molecule has 16 heavy (non-hydrogen) atoms. The number of amides is 2. The second-order valence-corrected chi connectivity index (χ2v) is 5.17. The Morgan fingerprint density at radius 2 is 2.00 bits per heavy atom. The fourth-order valence-electron chi connectivity index (χ4n) is 1.51. The Morgan fingerprint density at radius 3 is 2.38 bits per heavy atom. The molecule has 3 nitrogen and oxygen atoms in total. The van der Waals surface area contributed by atoms with E-state index < -0.39 is 18.8 Å². The zero-order chi connectivity index (χ0) is 12.2. The summed E-state index contributed by atoms with van der Waals surface area (Å²) in [5.74, 6) is 0. The maximum Gasteiger partial charge on any atom is 0.405 e. The van der Waals surface area contributed by atoms with Crippen LogP contribution in [0.5, 0.6) is 0 Å². The minimum Gasteiger partial charge on any atom is -0.337 e. The number of hydrogen-bond acceptors (Lipinski definition) is 2. The predicted molar refractivity (Wildman–Crippen MR) is 57.6 cm³/mol. The largest absolute Gasteiger partial charge is 0.405 e. The number of alkyl halides is 3. The lowest BCUT2D eigenvalue weighted by molar-refractivity contribution is -0.122. The first-order chi connectivity index (χ1) is 7.37. The van der Waals surface area contributed by atoms with Gasteiger partial charge in [0, 0.05) is 11.3 Å². The summed E-state index contributed by atoms with van der Waals surface area (Å²) in [4.78, 5) is 11.1. The molecule has 0 aromatic rings. The minimum absolute atomic E-state index is 0.0373. The van der Waals surface area contributed by atoms with Crippen molar-refractivity contribution in [3.63, 3.8) is 0 Å². The SMILES string of the molecule is CSC1(CNC(=O)NCC(F)(F)F)CCC1. The molecule has 1 aliphatic rings. The van der Waals surface area contributed by atoms with Crippen LogP contribution in [0.25, 0.3) is 0 Å². The third-order valence-electron chi connectivity index (χ3n) is 2.72. The number of thioether (sulfide) groups is 1. The summed E-state index contributed by atoms with van der Waals surface area (Å²) >= 11 is 1.66. The standard InChI is InChI=1S/C9H15F3N2OS/c1-16-8(3-2-4-8)5-13-7(15)14-6-9(10,11)12/h2-6H2,1H3,(H2,13,14,15). The van der Waals surface area contributed by atoms with Gasteiger partial charge in [-0.25, -0.2) is 4.79 Å². The first-order valence-electron chi connectivity index (χ1n) is 5.00. The van der Waals surface area contributed by atoms with Crippen molar-refractivity contribution in [2.24, 2.45) is 0 Å². The lowest BCUT2D eigenvalue weighted by Gasteiger charge is -2.40. The van der Waals surface area contributed by atoms with Crippen LogP contribution in [0.2, 0.25) is 0 Å². The van der Waals surface area contributed by atoms with Crippen molar-refractivity contribution in [1.82, 2.24) is 10.6 Å². The van der Waals surface area contributed by atoms with E-state index >= 15 is 0 Å². The molecule has 0 aromatic carbocycles. The molecule has 1 saturated carbocycles. The van der Waals surface area contributed by atoms with E-state index in [9.17, 15) is 18.0 Å². The lowest BCUT2D eigenvalue weighted by atomic mass is 9.84. The fourth-order valence-corrected chi connectivity index (χ4v) is 2.42. The molecule has 0 aliphatic heterocycles. The van der Waals surface area contributed by atoms with E-state index in [2.05, 4.69) is 5.32 Å². The van der Waals surface area contributed by atoms with Crippen LogP contribution in [0.1, 0.15) is 19.3 Å². The van der Waals surface area contributed by atoms with E-state index in [0.29, 0.717) is 6.54 Å². The fraction of sp³-hybridized carbons (Fsp3) is 0.889. The van der Waals surface area contributed by atoms with E-state index in [-0.39, 0.29) is 4.75 Å². The van der Waals surface area contributed by atoms with Gasteiger partial charge in [0.2, 0.25) is 0 Å². The summed E-state index contributed by atoms with van der Waals surface area (Å²) in [7, 11) is 0. The highest BCUT2D eigenvalue weighted by Gasteiger charge is 2.36. The monoisotopic (exact) mass is 256 g/mol. The smallest absolute Gasteiger partial charge is 0.337 e. The molecule has 1 fully saturated rings. The number of nitrogens with one attached hydrogen (secondary N) is 2. The van der Waals surface area contributed by atoms with Gasteiger partial charge in [-0.05, 0) is 19.1 Å². The average Bonchev–Trinajstić information content (AvgIpc) is 2.13. The van der Waals surface area contributed by atoms with Crippen molar-refractivity contribution in [3.05, 3.63) is 0 Å². The van der Waals surface area contributed by atoms with Crippen molar-refractivity contribution in [2.75, 3.05) is 19.3 Å². The molecule has 0 heterocycles. The summed E-state index contributed by atoms with van der Waals surface area (Å²) in [5.41, 5.74) is 0. The first-order valence-corrected chi connectivity index (χ1v) is 6.23. The third kappa shape index (κ3) is 4.11. The Labute approximate surface area is 96.5 Å². The van der Waals surface area contributed by atoms with Crippen molar-refractivity contribution >= 4 is 17.8 Å². The molecule has 1 rings (SSSR count). The number of hydrogen-bond donors (Lipinski definition) is 2. The van der Waals surface area contributed by atoms with Gasteiger partial charge in [0.05, 0.1) is 0 Å². The highest BCUT2D eigenvalue weighted by Crippen LogP contribution is 2.42. The molecule has 0 spiro atoms. The van der Waals surface area contributed by atoms with E-state index in [0.717, 1.165) is 19.3 Å². The van der Waals surface area contributed by atoms with Crippen LogP contribution in [0.3, 0.4) is 0 Å². The topological polar surface area (TPSA) is 41.1 Å². The number of urea groups is 1. The van der Waals surface area contributed by atoms with E-state index in [1.165, 1.54) is 0 Å². The Bertz CT molecular complexity index is 248. The first kappa shape index (κ1) is 13.5. The van der Waals surface area contributed by atoms with Crippen molar-refractivity contribution in [3.8, 4) is 0 Å². The van der Waals surface area contributed by atoms with Crippen molar-refractivity contribution in [2.45, 2.75) is 30.2 Å². The summed E-state index contributed by atoms with van der Waals surface area (Å²) in [6.45, 7) is -0.858. The molecule has 2 N–H and O–H groups in total. The zero-order valence-corrected chi connectivity index (χ0v) is 9.80. The molecule has 7 heteroatoms. The Hall–Kier alpha value is -0.590. The molecular formula is C9H15F3N2OS. The molecule has 1 aliphatic carbocycles. The molecule has 0 bridgehead atoms. The molecule has 0 atom stereocenters. The summed E-state index contributed by atoms with van der Waals surface area (Å²) in [5, 5.41) is 4.26. The quantitative estimate of drug-likeness (QED) is 0.809. The molecule has 2 amide bonds. The van der Waals surface area contributed by atoms with Crippen LogP contribution in [-0.4, -0.2) is 36.3 Å². The summed E-state index contributed by atoms with van der Waals surface area (Å²) in [6, 6.07) is -0.752. The molecule has 0 saturated heterocycles. The second-order valence-electron chi connectivity index (χ2n) is 3.89. The van der Waals surface area contributed by atoms with Crippen molar-refractivity contribution < 1.29 is 18.0 Å². The highest BCUT2D eigenvalue weighted by atomic mass is 32.2. The van der Waals surface area contributed by atoms with Gasteiger partial charge in [0.15, 0.2) is 0 Å². The van der Waals surface area contributed by atoms with Gasteiger partial charge in [0.1, 0.15) is 6.54 Å². The van der Waals surface area contributed by atoms with Gasteiger partial charge in [-0.3, -0.25) is 0 Å². The molecule has 0 unspecified atom stereocenters. The average molecular weight is 256 g/mol. The molecule has 94 valence electrons. The normalized spacial score (nSPS) is 18.8. The van der Waals surface area contributed by atoms with Crippen LogP contribution in [-0.2, 0) is 0 Å². The lowest BCUT2D eigenvalue weighted by Crippen LogP contribution is -2.49. The minimum atomic E-state index is -4.36. The van der Waals surface area contributed by atoms with Crippen LogP contribution in [0, 0.1) is 0 Å². The molecule has 0 radical (unpaired) electrons. The van der Waals surface area contributed by atoms with Gasteiger partial charge < -0.3 is 10.6 Å². The van der Waals surface area contributed by atoms with Gasteiger partial charge >= 0.3 is 12.2 Å². The Morgan fingerprint density at radius 1 is 1.38 bits per heavy atom. The Kier molecular flexibility index (Phi) is 4.35. The van der Waals surface area contributed by atoms with Gasteiger partial charge in [-0.2, -0.15) is 24.9 Å². The maximum absolute atomic E-state index is 11.8. The van der Waals surface area contributed by atoms with Gasteiger partial charge in [-0.1, -0.05) is 6.42 Å². The summed E-state index contributed by atoms with van der Waals surface area (Å²) < 4.78 is 35.4. The van der Waals surface area contributed by atoms with Crippen LogP contribution >= 0.6 is 11.8 Å². The molecule has 0 aromatic heterocycles. The number of carbonyl (C=O) groups is 1. The van der Waals surface area contributed by atoms with Crippen LogP contribution < -0.4 is 10.6 Å². The van der Waals surface area contributed by atoms with Gasteiger partial charge in [0.25, 0.3) is 0 Å². The predicted octanol–water partition coefficient (Wildman–Crippen LogP) is 2.13. The number of carbonyl (C=O) groups excluding carboxylic acids is 1. The van der Waals surface area contributed by atoms with Crippen LogP contribution in [0.15, 0.2) is 0 Å². The van der Waals surface area contributed by atoms with Gasteiger partial charge in [-0.15, -0.1) is 0 Å². The second kappa shape index (κ2) is 5.16. The van der Waals surface area contributed by atoms with Crippen molar-refractivity contribution in [1.29, 1.82) is 0 Å². The van der Waals surface area contributed by atoms with Crippen LogP contribution in [0.4, 0.5) is 18.0 Å². The summed E-state index contributed by atoms with van der Waals surface area (Å²) in [6.07, 6.45) is 0.730. The zero-order valence-electron chi connectivity index (χ0n) is 8.99. The highest BCUT2D eigenvalue weighted by molar-refractivity contribution is 8.00. The Balaban J connectivity index is 2.20. The maximum atomic E-state index is 11.8. The number of rotatable bonds is 4. The third-order valence-corrected chi connectivity index (χ3v) is 4.14. The van der Waals surface area contributed by atoms with E-state index in [1.54, 1.807) is 17.1 Å². The van der Waals surface area contributed by atoms with E-state index in [4.69, 9.17) is 0 Å².